The molecule has 1 aliphatic heterocycles. The van der Waals surface area contributed by atoms with E-state index >= 15 is 0 Å². The van der Waals surface area contributed by atoms with Crippen LogP contribution in [0.1, 0.15) is 20.8 Å². The molecule has 1 saturated heterocycles. The lowest BCUT2D eigenvalue weighted by Crippen LogP contribution is -2.34. The molecule has 0 aliphatic carbocycles. The first-order valence-electron chi connectivity index (χ1n) is 5.64. The molecule has 0 unspecified atom stereocenters. The van der Waals surface area contributed by atoms with Crippen LogP contribution in [0.3, 0.4) is 0 Å². The minimum atomic E-state index is -0.466. The van der Waals surface area contributed by atoms with E-state index in [-0.39, 0.29) is 0 Å². The Hall–Kier alpha value is -1.49. The van der Waals surface area contributed by atoms with Crippen molar-refractivity contribution in [3.8, 4) is 5.75 Å². The van der Waals surface area contributed by atoms with E-state index in [0.29, 0.717) is 18.1 Å². The molecule has 1 fully saturated rings. The molecule has 0 bridgehead atoms. The van der Waals surface area contributed by atoms with Gasteiger partial charge in [-0.25, -0.2) is 0 Å². The van der Waals surface area contributed by atoms with Crippen molar-refractivity contribution in [1.29, 1.82) is 0 Å². The average Bonchev–Trinajstić information content (AvgIpc) is 2.55. The lowest BCUT2D eigenvalue weighted by Gasteiger charge is -2.15. The number of nitrogens with zero attached hydrogens (tertiary/aromatic N) is 1. The van der Waals surface area contributed by atoms with Crippen molar-refractivity contribution >= 4 is 12.6 Å². The maximum atomic E-state index is 5.76. The summed E-state index contributed by atoms with van der Waals surface area (Å²) in [6, 6.07) is 1.87. The lowest BCUT2D eigenvalue weighted by molar-refractivity contribution is 0.173. The van der Waals surface area contributed by atoms with Gasteiger partial charge in [-0.2, -0.15) is 0 Å². The Morgan fingerprint density at radius 3 is 2.82 bits per heavy atom. The predicted octanol–water partition coefficient (Wildman–Crippen LogP) is 1.51. The maximum Gasteiger partial charge on any atom is 0.565 e. The summed E-state index contributed by atoms with van der Waals surface area (Å²) >= 11 is 0. The molecule has 0 atom stereocenters. The zero-order chi connectivity index (χ0) is 12.5. The quantitative estimate of drug-likeness (QED) is 0.742. The monoisotopic (exact) mass is 233 g/mol. The van der Waals surface area contributed by atoms with Crippen molar-refractivity contribution in [3.05, 3.63) is 30.8 Å². The second kappa shape index (κ2) is 4.41. The predicted molar refractivity (Wildman–Crippen MR) is 66.2 cm³/mol. The summed E-state index contributed by atoms with van der Waals surface area (Å²) in [5, 5.41) is 0. The van der Waals surface area contributed by atoms with Crippen molar-refractivity contribution in [3.63, 3.8) is 0 Å². The van der Waals surface area contributed by atoms with Crippen LogP contribution in [0.2, 0.25) is 0 Å². The van der Waals surface area contributed by atoms with E-state index in [2.05, 4.69) is 11.6 Å². The highest BCUT2D eigenvalue weighted by molar-refractivity contribution is 6.62. The van der Waals surface area contributed by atoms with Crippen molar-refractivity contribution in [2.45, 2.75) is 26.4 Å². The minimum absolute atomic E-state index is 0.453. The highest BCUT2D eigenvalue weighted by Crippen LogP contribution is 2.29. The molecule has 4 nitrogen and oxygen atoms in total. The number of hydrogen-bond donors (Lipinski definition) is 0. The third-order valence-electron chi connectivity index (χ3n) is 2.64. The standard InChI is InChI=1S/C12H16BNO3/c1-5-15-11-6-10(7-14-8-11)13-16-9(2)12(3,4)17-13/h6-8H,2,5H2,1,3-4H3. The Balaban J connectivity index is 2.18. The van der Waals surface area contributed by atoms with Gasteiger partial charge in [-0.3, -0.25) is 4.98 Å². The Labute approximate surface area is 102 Å². The number of hydrogen-bond acceptors (Lipinski definition) is 4. The fourth-order valence-electron chi connectivity index (χ4n) is 1.57. The lowest BCUT2D eigenvalue weighted by atomic mass is 9.80. The first kappa shape index (κ1) is 12.0. The average molecular weight is 233 g/mol. The van der Waals surface area contributed by atoms with E-state index < -0.39 is 12.7 Å². The normalized spacial score (nSPS) is 18.1. The molecule has 2 rings (SSSR count). The molecule has 17 heavy (non-hydrogen) atoms. The molecule has 0 radical (unpaired) electrons. The van der Waals surface area contributed by atoms with Crippen molar-refractivity contribution in [2.75, 3.05) is 6.61 Å². The van der Waals surface area contributed by atoms with Gasteiger partial charge < -0.3 is 14.0 Å². The fraction of sp³-hybridized carbons (Fsp3) is 0.417. The molecule has 5 heteroatoms. The van der Waals surface area contributed by atoms with Crippen LogP contribution in [0.15, 0.2) is 30.8 Å². The second-order valence-electron chi connectivity index (χ2n) is 4.39. The zero-order valence-electron chi connectivity index (χ0n) is 10.4. The summed E-state index contributed by atoms with van der Waals surface area (Å²) in [5.41, 5.74) is 0.370. The Morgan fingerprint density at radius 2 is 2.24 bits per heavy atom. The highest BCUT2D eigenvalue weighted by atomic mass is 16.7. The summed E-state index contributed by atoms with van der Waals surface area (Å²) < 4.78 is 16.7. The number of aromatic nitrogens is 1. The van der Waals surface area contributed by atoms with Gasteiger partial charge in [0.05, 0.1) is 18.6 Å². The van der Waals surface area contributed by atoms with Crippen LogP contribution >= 0.6 is 0 Å². The Bertz CT molecular complexity index is 434. The molecule has 0 amide bonds. The van der Waals surface area contributed by atoms with Gasteiger partial charge in [0.1, 0.15) is 11.4 Å². The largest absolute Gasteiger partial charge is 0.565 e. The number of ether oxygens (including phenoxy) is 1. The first-order valence-corrected chi connectivity index (χ1v) is 5.64. The molecule has 0 spiro atoms. The SMILES string of the molecule is C=C1OB(c2cncc(OCC)c2)OC1(C)C. The van der Waals surface area contributed by atoms with Crippen LogP contribution in [0.4, 0.5) is 0 Å². The molecule has 1 aliphatic rings. The summed E-state index contributed by atoms with van der Waals surface area (Å²) in [6.07, 6.45) is 3.38. The molecule has 90 valence electrons. The summed E-state index contributed by atoms with van der Waals surface area (Å²) in [6.45, 7) is 10.2. The van der Waals surface area contributed by atoms with Crippen LogP contribution in [0.5, 0.6) is 5.75 Å². The molecule has 0 N–H and O–H groups in total. The summed E-state index contributed by atoms with van der Waals surface area (Å²) in [4.78, 5) is 4.11. The van der Waals surface area contributed by atoms with Crippen LogP contribution in [-0.4, -0.2) is 24.3 Å². The van der Waals surface area contributed by atoms with Crippen molar-refractivity contribution < 1.29 is 14.0 Å². The molecule has 0 aromatic carbocycles. The van der Waals surface area contributed by atoms with Gasteiger partial charge in [-0.05, 0) is 26.8 Å². The number of pyridine rings is 1. The first-order chi connectivity index (χ1) is 8.03. The minimum Gasteiger partial charge on any atom is -0.534 e. The van der Waals surface area contributed by atoms with E-state index in [1.807, 2.05) is 26.8 Å². The molecular formula is C12H16BNO3. The van der Waals surface area contributed by atoms with Gasteiger partial charge >= 0.3 is 7.12 Å². The Kier molecular flexibility index (Phi) is 3.11. The van der Waals surface area contributed by atoms with Crippen LogP contribution in [0.25, 0.3) is 0 Å². The zero-order valence-corrected chi connectivity index (χ0v) is 10.4. The van der Waals surface area contributed by atoms with Crippen LogP contribution < -0.4 is 10.2 Å². The van der Waals surface area contributed by atoms with E-state index in [1.165, 1.54) is 0 Å². The maximum absolute atomic E-state index is 5.76. The highest BCUT2D eigenvalue weighted by Gasteiger charge is 2.43. The van der Waals surface area contributed by atoms with E-state index in [0.717, 1.165) is 5.46 Å². The van der Waals surface area contributed by atoms with Crippen molar-refractivity contribution in [1.82, 2.24) is 4.98 Å². The molecule has 2 heterocycles. The number of rotatable bonds is 3. The molecule has 1 aromatic heterocycles. The molecule has 0 saturated carbocycles. The summed E-state index contributed by atoms with van der Waals surface area (Å²) in [7, 11) is -0.453. The van der Waals surface area contributed by atoms with E-state index in [9.17, 15) is 0 Å². The smallest absolute Gasteiger partial charge is 0.534 e. The second-order valence-corrected chi connectivity index (χ2v) is 4.39. The fourth-order valence-corrected chi connectivity index (χ4v) is 1.57. The topological polar surface area (TPSA) is 40.6 Å². The molecule has 1 aromatic rings. The van der Waals surface area contributed by atoms with E-state index in [4.69, 9.17) is 14.0 Å². The third kappa shape index (κ3) is 2.44. The van der Waals surface area contributed by atoms with Gasteiger partial charge in [0, 0.05) is 11.7 Å². The van der Waals surface area contributed by atoms with Crippen molar-refractivity contribution in [2.24, 2.45) is 0 Å². The third-order valence-corrected chi connectivity index (χ3v) is 2.64. The molecular weight excluding hydrogens is 217 g/mol. The van der Waals surface area contributed by atoms with Gasteiger partial charge in [0.2, 0.25) is 0 Å². The summed E-state index contributed by atoms with van der Waals surface area (Å²) in [5.74, 6) is 1.34. The van der Waals surface area contributed by atoms with Gasteiger partial charge in [0.15, 0.2) is 0 Å². The van der Waals surface area contributed by atoms with Crippen LogP contribution in [-0.2, 0) is 9.31 Å². The Morgan fingerprint density at radius 1 is 1.47 bits per heavy atom. The van der Waals surface area contributed by atoms with Gasteiger partial charge in [-0.15, -0.1) is 0 Å². The van der Waals surface area contributed by atoms with E-state index in [1.54, 1.807) is 12.4 Å². The van der Waals surface area contributed by atoms with Gasteiger partial charge in [0.25, 0.3) is 0 Å². The van der Waals surface area contributed by atoms with Gasteiger partial charge in [-0.1, -0.05) is 6.58 Å². The van der Waals surface area contributed by atoms with Crippen LogP contribution in [0, 0.1) is 0 Å².